The molecule has 0 heterocycles. The second-order valence-corrected chi connectivity index (χ2v) is 4.30. The van der Waals surface area contributed by atoms with E-state index >= 15 is 0 Å². The van der Waals surface area contributed by atoms with E-state index in [0.29, 0.717) is 5.56 Å². The van der Waals surface area contributed by atoms with Gasteiger partial charge in [0.15, 0.2) is 0 Å². The molecule has 0 amide bonds. The van der Waals surface area contributed by atoms with Gasteiger partial charge in [0.05, 0.1) is 0 Å². The fourth-order valence-electron chi connectivity index (χ4n) is 1.13. The number of nitrogens with two attached hydrogens (primary N) is 1. The number of benzene rings is 1. The van der Waals surface area contributed by atoms with E-state index in [-0.39, 0.29) is 4.90 Å². The lowest BCUT2D eigenvalue weighted by atomic mass is 10.1. The molecule has 0 fully saturated rings. The minimum absolute atomic E-state index is 0.00870. The normalized spacial score (nSPS) is 11.0. The predicted octanol–water partition coefficient (Wildman–Crippen LogP) is 1.55. The van der Waals surface area contributed by atoms with Crippen LogP contribution in [0.5, 0.6) is 0 Å². The summed E-state index contributed by atoms with van der Waals surface area (Å²) in [6.07, 6.45) is 3.02. The maximum absolute atomic E-state index is 11.4. The van der Waals surface area contributed by atoms with E-state index in [4.69, 9.17) is 5.90 Å². The molecule has 0 spiro atoms. The van der Waals surface area contributed by atoms with E-state index < -0.39 is 10.1 Å². The van der Waals surface area contributed by atoms with Crippen LogP contribution in [0.4, 0.5) is 0 Å². The Morgan fingerprint density at radius 2 is 1.93 bits per heavy atom. The summed E-state index contributed by atoms with van der Waals surface area (Å²) in [5, 5.41) is 0. The van der Waals surface area contributed by atoms with Crippen molar-refractivity contribution in [3.8, 4) is 0 Å². The molecule has 0 unspecified atom stereocenters. The minimum Gasteiger partial charge on any atom is -0.197 e. The molecule has 0 saturated carbocycles. The summed E-state index contributed by atoms with van der Waals surface area (Å²) in [5.74, 6) is 4.69. The Kier molecular flexibility index (Phi) is 3.41. The lowest BCUT2D eigenvalue weighted by Crippen LogP contribution is -2.12. The van der Waals surface area contributed by atoms with Gasteiger partial charge in [-0.3, -0.25) is 0 Å². The van der Waals surface area contributed by atoms with Gasteiger partial charge >= 0.3 is 10.1 Å². The second-order valence-electron chi connectivity index (χ2n) is 2.76. The molecule has 5 heteroatoms. The molecule has 0 atom stereocenters. The summed E-state index contributed by atoms with van der Waals surface area (Å²) in [4.78, 5) is -0.00870. The van der Waals surface area contributed by atoms with Gasteiger partial charge in [-0.25, -0.2) is 0 Å². The van der Waals surface area contributed by atoms with Crippen LogP contribution >= 0.6 is 0 Å². The summed E-state index contributed by atoms with van der Waals surface area (Å²) >= 11 is 0. The monoisotopic (exact) mass is 225 g/mol. The second kappa shape index (κ2) is 4.39. The maximum atomic E-state index is 11.4. The topological polar surface area (TPSA) is 69.4 Å². The summed E-state index contributed by atoms with van der Waals surface area (Å²) in [6.45, 7) is 7.10. The summed E-state index contributed by atoms with van der Waals surface area (Å²) in [6, 6.07) is 4.63. The number of rotatable bonds is 4. The zero-order valence-electron chi connectivity index (χ0n) is 8.01. The average molecular weight is 225 g/mol. The Morgan fingerprint density at radius 1 is 1.27 bits per heavy atom. The Bertz CT molecular complexity index is 491. The van der Waals surface area contributed by atoms with E-state index in [2.05, 4.69) is 17.4 Å². The highest BCUT2D eigenvalue weighted by molar-refractivity contribution is 7.86. The van der Waals surface area contributed by atoms with Gasteiger partial charge < -0.3 is 0 Å². The van der Waals surface area contributed by atoms with Gasteiger partial charge in [0, 0.05) is 0 Å². The van der Waals surface area contributed by atoms with Crippen LogP contribution < -0.4 is 5.90 Å². The first-order valence-electron chi connectivity index (χ1n) is 4.07. The highest BCUT2D eigenvalue weighted by Crippen LogP contribution is 2.20. The summed E-state index contributed by atoms with van der Waals surface area (Å²) in [5.41, 5.74) is 1.22. The van der Waals surface area contributed by atoms with E-state index in [1.807, 2.05) is 0 Å². The lowest BCUT2D eigenvalue weighted by molar-refractivity contribution is 0.333. The van der Waals surface area contributed by atoms with Crippen molar-refractivity contribution in [1.82, 2.24) is 0 Å². The lowest BCUT2D eigenvalue weighted by Gasteiger charge is -2.05. The van der Waals surface area contributed by atoms with Crippen LogP contribution in [0.2, 0.25) is 0 Å². The largest absolute Gasteiger partial charge is 0.313 e. The standard InChI is InChI=1S/C10H11NO3S/c1-3-8-5-6-10(9(4-2)7-8)15(12,13)14-11/h3-7H,1-2,11H2. The van der Waals surface area contributed by atoms with E-state index in [1.54, 1.807) is 18.2 Å². The summed E-state index contributed by atoms with van der Waals surface area (Å²) in [7, 11) is -3.89. The zero-order chi connectivity index (χ0) is 11.5. The van der Waals surface area contributed by atoms with Gasteiger partial charge in [0.25, 0.3) is 0 Å². The molecule has 0 aliphatic carbocycles. The van der Waals surface area contributed by atoms with Gasteiger partial charge in [-0.2, -0.15) is 18.6 Å². The van der Waals surface area contributed by atoms with Crippen LogP contribution in [0.3, 0.4) is 0 Å². The van der Waals surface area contributed by atoms with Gasteiger partial charge in [-0.1, -0.05) is 31.4 Å². The van der Waals surface area contributed by atoms with E-state index in [9.17, 15) is 8.42 Å². The smallest absolute Gasteiger partial charge is 0.197 e. The fourth-order valence-corrected chi connectivity index (χ4v) is 1.90. The van der Waals surface area contributed by atoms with Crippen molar-refractivity contribution < 1.29 is 12.7 Å². The molecule has 4 nitrogen and oxygen atoms in total. The Hall–Kier alpha value is -1.43. The van der Waals surface area contributed by atoms with Crippen LogP contribution in [0.15, 0.2) is 36.3 Å². The van der Waals surface area contributed by atoms with Crippen molar-refractivity contribution in [3.05, 3.63) is 42.5 Å². The van der Waals surface area contributed by atoms with Gasteiger partial charge in [0.2, 0.25) is 0 Å². The third-order valence-corrected chi connectivity index (χ3v) is 3.05. The fraction of sp³-hybridized carbons (Fsp3) is 0. The van der Waals surface area contributed by atoms with Crippen molar-refractivity contribution in [2.75, 3.05) is 0 Å². The number of hydrogen-bond donors (Lipinski definition) is 1. The third kappa shape index (κ3) is 2.33. The van der Waals surface area contributed by atoms with Gasteiger partial charge in [0.1, 0.15) is 4.90 Å². The zero-order valence-corrected chi connectivity index (χ0v) is 8.83. The molecule has 2 N–H and O–H groups in total. The van der Waals surface area contributed by atoms with Crippen molar-refractivity contribution in [1.29, 1.82) is 0 Å². The molecule has 1 rings (SSSR count). The van der Waals surface area contributed by atoms with Crippen molar-refractivity contribution >= 4 is 22.3 Å². The molecule has 0 aromatic heterocycles. The Morgan fingerprint density at radius 3 is 2.40 bits per heavy atom. The molecule has 80 valence electrons. The van der Waals surface area contributed by atoms with Crippen LogP contribution in [-0.4, -0.2) is 8.42 Å². The first-order chi connectivity index (χ1) is 7.05. The minimum atomic E-state index is -3.89. The first-order valence-corrected chi connectivity index (χ1v) is 5.48. The van der Waals surface area contributed by atoms with Crippen molar-refractivity contribution in [2.24, 2.45) is 5.90 Å². The van der Waals surface area contributed by atoms with Crippen LogP contribution in [0.25, 0.3) is 12.2 Å². The summed E-state index contributed by atoms with van der Waals surface area (Å²) < 4.78 is 26.7. The third-order valence-electron chi connectivity index (χ3n) is 1.89. The molecular weight excluding hydrogens is 214 g/mol. The van der Waals surface area contributed by atoms with E-state index in [1.165, 1.54) is 12.1 Å². The van der Waals surface area contributed by atoms with Crippen molar-refractivity contribution in [3.63, 3.8) is 0 Å². The first kappa shape index (κ1) is 11.6. The van der Waals surface area contributed by atoms with Crippen LogP contribution in [0.1, 0.15) is 11.1 Å². The molecule has 1 aromatic carbocycles. The van der Waals surface area contributed by atoms with E-state index in [0.717, 1.165) is 5.56 Å². The van der Waals surface area contributed by atoms with Crippen molar-refractivity contribution in [2.45, 2.75) is 4.90 Å². The average Bonchev–Trinajstić information content (AvgIpc) is 2.28. The molecule has 15 heavy (non-hydrogen) atoms. The molecule has 1 aromatic rings. The SMILES string of the molecule is C=Cc1ccc(S(=O)(=O)ON)c(C=C)c1. The molecule has 0 saturated heterocycles. The highest BCUT2D eigenvalue weighted by atomic mass is 32.2. The predicted molar refractivity (Wildman–Crippen MR) is 59.1 cm³/mol. The van der Waals surface area contributed by atoms with Gasteiger partial charge in [-0.15, -0.1) is 0 Å². The maximum Gasteiger partial charge on any atom is 0.313 e. The Balaban J connectivity index is 3.44. The molecule has 0 bridgehead atoms. The molecule has 0 radical (unpaired) electrons. The number of hydrogen-bond acceptors (Lipinski definition) is 4. The molecule has 0 aliphatic rings. The van der Waals surface area contributed by atoms with Gasteiger partial charge in [-0.05, 0) is 23.3 Å². The quantitative estimate of drug-likeness (QED) is 0.789. The molecular formula is C10H11NO3S. The molecule has 0 aliphatic heterocycles. The highest BCUT2D eigenvalue weighted by Gasteiger charge is 2.17. The Labute approximate surface area is 88.8 Å². The van der Waals surface area contributed by atoms with Crippen LogP contribution in [0, 0.1) is 0 Å². The van der Waals surface area contributed by atoms with Crippen LogP contribution in [-0.2, 0) is 14.4 Å².